The lowest BCUT2D eigenvalue weighted by atomic mass is 9.98. The van der Waals surface area contributed by atoms with Crippen LogP contribution < -0.4 is 9.47 Å². The molecule has 0 spiro atoms. The topological polar surface area (TPSA) is 35.5 Å². The van der Waals surface area contributed by atoms with Crippen molar-refractivity contribution >= 4 is 6.29 Å². The molecule has 1 unspecified atom stereocenters. The molecule has 0 saturated carbocycles. The van der Waals surface area contributed by atoms with Crippen molar-refractivity contribution in [2.45, 2.75) is 13.0 Å². The number of carbonyl (C=O) groups excluding carboxylic acids is 1. The summed E-state index contributed by atoms with van der Waals surface area (Å²) in [6.45, 7) is 1.01. The first kappa shape index (κ1) is 12.7. The van der Waals surface area contributed by atoms with Gasteiger partial charge in [0, 0.05) is 0 Å². The lowest BCUT2D eigenvalue weighted by Crippen LogP contribution is -2.21. The Morgan fingerprint density at radius 2 is 2.05 bits per heavy atom. The second kappa shape index (κ2) is 5.78. The van der Waals surface area contributed by atoms with Crippen LogP contribution in [0.15, 0.2) is 48.5 Å². The van der Waals surface area contributed by atoms with Gasteiger partial charge in [0.15, 0.2) is 0 Å². The molecule has 3 rings (SSSR count). The SMILES string of the molecule is O=CC1COc2ccc(OCc3ccccc3)cc2C1. The molecule has 3 heteroatoms. The molecule has 2 aromatic rings. The van der Waals surface area contributed by atoms with Crippen LogP contribution >= 0.6 is 0 Å². The van der Waals surface area contributed by atoms with Crippen LogP contribution in [0.4, 0.5) is 0 Å². The summed E-state index contributed by atoms with van der Waals surface area (Å²) in [5.74, 6) is 1.62. The minimum absolute atomic E-state index is 0.0492. The van der Waals surface area contributed by atoms with Gasteiger partial charge in [0.2, 0.25) is 0 Å². The highest BCUT2D eigenvalue weighted by atomic mass is 16.5. The highest BCUT2D eigenvalue weighted by molar-refractivity contribution is 5.57. The molecular formula is C17H16O3. The van der Waals surface area contributed by atoms with Gasteiger partial charge in [0.05, 0.1) is 12.5 Å². The van der Waals surface area contributed by atoms with E-state index in [0.29, 0.717) is 13.2 Å². The van der Waals surface area contributed by atoms with E-state index >= 15 is 0 Å². The van der Waals surface area contributed by atoms with Crippen molar-refractivity contribution in [3.8, 4) is 11.5 Å². The van der Waals surface area contributed by atoms with Gasteiger partial charge in [0.1, 0.15) is 24.4 Å². The van der Waals surface area contributed by atoms with Gasteiger partial charge in [-0.25, -0.2) is 0 Å². The van der Waals surface area contributed by atoms with Gasteiger partial charge in [-0.15, -0.1) is 0 Å². The highest BCUT2D eigenvalue weighted by Gasteiger charge is 2.19. The van der Waals surface area contributed by atoms with E-state index in [1.807, 2.05) is 48.5 Å². The summed E-state index contributed by atoms with van der Waals surface area (Å²) in [6, 6.07) is 15.8. The van der Waals surface area contributed by atoms with Crippen LogP contribution in [0.2, 0.25) is 0 Å². The fraction of sp³-hybridized carbons (Fsp3) is 0.235. The molecule has 1 aliphatic heterocycles. The van der Waals surface area contributed by atoms with E-state index in [2.05, 4.69) is 0 Å². The monoisotopic (exact) mass is 268 g/mol. The summed E-state index contributed by atoms with van der Waals surface area (Å²) in [6.07, 6.45) is 1.68. The van der Waals surface area contributed by atoms with Crippen molar-refractivity contribution in [1.29, 1.82) is 0 Å². The standard InChI is InChI=1S/C17H16O3/c18-10-14-8-15-9-16(6-7-17(15)20-12-14)19-11-13-4-2-1-3-5-13/h1-7,9-10,14H,8,11-12H2. The van der Waals surface area contributed by atoms with Gasteiger partial charge in [-0.1, -0.05) is 30.3 Å². The second-order valence-electron chi connectivity index (χ2n) is 4.96. The van der Waals surface area contributed by atoms with Crippen molar-refractivity contribution in [3.63, 3.8) is 0 Å². The number of rotatable bonds is 4. The summed E-state index contributed by atoms with van der Waals surface area (Å²) in [7, 11) is 0. The van der Waals surface area contributed by atoms with Gasteiger partial charge in [-0.3, -0.25) is 0 Å². The lowest BCUT2D eigenvalue weighted by Gasteiger charge is -2.22. The van der Waals surface area contributed by atoms with Crippen molar-refractivity contribution in [2.75, 3.05) is 6.61 Å². The van der Waals surface area contributed by atoms with Gasteiger partial charge in [0.25, 0.3) is 0 Å². The zero-order valence-corrected chi connectivity index (χ0v) is 11.1. The van der Waals surface area contributed by atoms with Crippen LogP contribution in [-0.4, -0.2) is 12.9 Å². The van der Waals surface area contributed by atoms with Crippen LogP contribution in [0.1, 0.15) is 11.1 Å². The van der Waals surface area contributed by atoms with Gasteiger partial charge in [-0.2, -0.15) is 0 Å². The molecule has 1 atom stereocenters. The van der Waals surface area contributed by atoms with Crippen LogP contribution in [0.25, 0.3) is 0 Å². The molecule has 0 bridgehead atoms. The zero-order valence-electron chi connectivity index (χ0n) is 11.1. The van der Waals surface area contributed by atoms with Gasteiger partial charge in [-0.05, 0) is 35.7 Å². The van der Waals surface area contributed by atoms with Crippen LogP contribution in [-0.2, 0) is 17.8 Å². The Bertz CT molecular complexity index is 592. The van der Waals surface area contributed by atoms with E-state index in [0.717, 1.165) is 35.3 Å². The first-order valence-corrected chi connectivity index (χ1v) is 6.73. The van der Waals surface area contributed by atoms with E-state index in [9.17, 15) is 4.79 Å². The summed E-state index contributed by atoms with van der Waals surface area (Å²) in [5.41, 5.74) is 2.17. The maximum atomic E-state index is 10.9. The molecule has 0 amide bonds. The summed E-state index contributed by atoms with van der Waals surface area (Å²) in [4.78, 5) is 10.9. The Hall–Kier alpha value is -2.29. The van der Waals surface area contributed by atoms with Crippen molar-refractivity contribution in [3.05, 3.63) is 59.7 Å². The molecule has 0 N–H and O–H groups in total. The number of benzene rings is 2. The van der Waals surface area contributed by atoms with E-state index in [1.165, 1.54) is 0 Å². The summed E-state index contributed by atoms with van der Waals surface area (Å²) < 4.78 is 11.3. The Labute approximate surface area is 118 Å². The Balaban J connectivity index is 1.70. The summed E-state index contributed by atoms with van der Waals surface area (Å²) >= 11 is 0. The molecule has 0 radical (unpaired) electrons. The fourth-order valence-corrected chi connectivity index (χ4v) is 2.31. The fourth-order valence-electron chi connectivity index (χ4n) is 2.31. The second-order valence-corrected chi connectivity index (χ2v) is 4.96. The molecule has 0 saturated heterocycles. The first-order valence-electron chi connectivity index (χ1n) is 6.73. The average molecular weight is 268 g/mol. The first-order chi connectivity index (χ1) is 9.85. The van der Waals surface area contributed by atoms with Crippen molar-refractivity contribution in [2.24, 2.45) is 5.92 Å². The predicted molar refractivity (Wildman–Crippen MR) is 76.0 cm³/mol. The number of hydrogen-bond acceptors (Lipinski definition) is 3. The third-order valence-corrected chi connectivity index (χ3v) is 3.41. The number of aldehydes is 1. The molecule has 0 fully saturated rings. The molecule has 1 aliphatic rings. The van der Waals surface area contributed by atoms with Crippen molar-refractivity contribution in [1.82, 2.24) is 0 Å². The molecule has 0 aliphatic carbocycles. The van der Waals surface area contributed by atoms with Crippen molar-refractivity contribution < 1.29 is 14.3 Å². The van der Waals surface area contributed by atoms with E-state index < -0.39 is 0 Å². The largest absolute Gasteiger partial charge is 0.493 e. The third-order valence-electron chi connectivity index (χ3n) is 3.41. The zero-order chi connectivity index (χ0) is 13.8. The number of fused-ring (bicyclic) bond motifs is 1. The predicted octanol–water partition coefficient (Wildman–Crippen LogP) is 3.02. The molecule has 20 heavy (non-hydrogen) atoms. The van der Waals surface area contributed by atoms with Crippen LogP contribution in [0, 0.1) is 5.92 Å². The third kappa shape index (κ3) is 2.82. The molecular weight excluding hydrogens is 252 g/mol. The average Bonchev–Trinajstić information content (AvgIpc) is 2.53. The maximum absolute atomic E-state index is 10.9. The van der Waals surface area contributed by atoms with Gasteiger partial charge < -0.3 is 14.3 Å². The Morgan fingerprint density at radius 1 is 1.20 bits per heavy atom. The molecule has 2 aromatic carbocycles. The van der Waals surface area contributed by atoms with E-state index in [1.54, 1.807) is 0 Å². The molecule has 3 nitrogen and oxygen atoms in total. The normalized spacial score (nSPS) is 16.9. The quantitative estimate of drug-likeness (QED) is 0.800. The van der Waals surface area contributed by atoms with Crippen LogP contribution in [0.5, 0.6) is 11.5 Å². The molecule has 1 heterocycles. The Kier molecular flexibility index (Phi) is 3.68. The van der Waals surface area contributed by atoms with Crippen LogP contribution in [0.3, 0.4) is 0 Å². The Morgan fingerprint density at radius 3 is 2.85 bits per heavy atom. The number of hydrogen-bond donors (Lipinski definition) is 0. The van der Waals surface area contributed by atoms with Gasteiger partial charge >= 0.3 is 0 Å². The lowest BCUT2D eigenvalue weighted by molar-refractivity contribution is -0.112. The minimum atomic E-state index is -0.0492. The molecule has 102 valence electrons. The van der Waals surface area contributed by atoms with E-state index in [-0.39, 0.29) is 5.92 Å². The minimum Gasteiger partial charge on any atom is -0.493 e. The van der Waals surface area contributed by atoms with E-state index in [4.69, 9.17) is 9.47 Å². The number of carbonyl (C=O) groups is 1. The highest BCUT2D eigenvalue weighted by Crippen LogP contribution is 2.30. The maximum Gasteiger partial charge on any atom is 0.126 e. The molecule has 0 aromatic heterocycles. The smallest absolute Gasteiger partial charge is 0.126 e. The number of ether oxygens (including phenoxy) is 2. The summed E-state index contributed by atoms with van der Waals surface area (Å²) in [5, 5.41) is 0.